The van der Waals surface area contributed by atoms with Gasteiger partial charge in [-0.15, -0.1) is 0 Å². The number of carbonyl (C=O) groups is 5. The number of nitrogens with zero attached hydrogens (tertiary/aromatic N) is 7. The van der Waals surface area contributed by atoms with Crippen LogP contribution in [0.2, 0.25) is 0 Å². The molecule has 0 aromatic heterocycles. The van der Waals surface area contributed by atoms with E-state index in [0.717, 1.165) is 31.5 Å². The topological polar surface area (TPSA) is 258 Å². The van der Waals surface area contributed by atoms with E-state index in [9.17, 15) is 39.3 Å². The first-order valence-electron chi connectivity index (χ1n) is 21.7. The maximum Gasteiger partial charge on any atom is 0.317 e. The van der Waals surface area contributed by atoms with Crippen LogP contribution in [0.5, 0.6) is 17.2 Å². The number of carboxylic acids is 3. The number of aliphatic carboxylic acids is 3. The largest absolute Gasteiger partial charge is 0.496 e. The Hall–Kier alpha value is -5.80. The fourth-order valence-corrected chi connectivity index (χ4v) is 7.23. The van der Waals surface area contributed by atoms with Gasteiger partial charge in [-0.1, -0.05) is 19.9 Å². The zero-order valence-electron chi connectivity index (χ0n) is 38.7. The molecule has 20 nitrogen and oxygen atoms in total. The Morgan fingerprint density at radius 3 is 1.65 bits per heavy atom. The molecule has 20 heteroatoms. The predicted octanol–water partition coefficient (Wildman–Crippen LogP) is 1.30. The van der Waals surface area contributed by atoms with Crippen LogP contribution in [0.15, 0.2) is 53.2 Å². The van der Waals surface area contributed by atoms with Gasteiger partial charge in [0.1, 0.15) is 17.2 Å². The molecule has 1 aliphatic heterocycles. The average molecular weight is 912 g/mol. The highest BCUT2D eigenvalue weighted by atomic mass is 16.5. The van der Waals surface area contributed by atoms with E-state index in [1.165, 1.54) is 20.3 Å². The molecule has 0 aliphatic carbocycles. The van der Waals surface area contributed by atoms with E-state index in [-0.39, 0.29) is 43.7 Å². The van der Waals surface area contributed by atoms with Crippen LogP contribution < -0.4 is 25.7 Å². The Labute approximate surface area is 382 Å². The summed E-state index contributed by atoms with van der Waals surface area (Å²) in [4.78, 5) is 76.0. The zero-order valence-corrected chi connectivity index (χ0v) is 38.7. The zero-order chi connectivity index (χ0) is 48.1. The first-order chi connectivity index (χ1) is 30.9. The van der Waals surface area contributed by atoms with Crippen LogP contribution in [-0.4, -0.2) is 213 Å². The van der Waals surface area contributed by atoms with Crippen molar-refractivity contribution >= 4 is 41.1 Å². The number of benzene rings is 2. The summed E-state index contributed by atoms with van der Waals surface area (Å²) in [6.45, 7) is 8.62. The normalized spacial score (nSPS) is 15.6. The van der Waals surface area contributed by atoms with E-state index in [1.807, 2.05) is 44.0 Å². The monoisotopic (exact) mass is 912 g/mol. The van der Waals surface area contributed by atoms with Gasteiger partial charge in [0, 0.05) is 72.5 Å². The van der Waals surface area contributed by atoms with E-state index in [0.29, 0.717) is 99.7 Å². The fraction of sp³-hybridized carbons (Fsp3) is 0.556. The molecule has 360 valence electrons. The van der Waals surface area contributed by atoms with Gasteiger partial charge in [-0.25, -0.2) is 4.99 Å². The Morgan fingerprint density at radius 1 is 0.723 bits per heavy atom. The molecular formula is C45H69N9O11. The highest BCUT2D eigenvalue weighted by Gasteiger charge is 2.23. The second-order valence-corrected chi connectivity index (χ2v) is 16.3. The molecule has 65 heavy (non-hydrogen) atoms. The van der Waals surface area contributed by atoms with Crippen molar-refractivity contribution in [3.05, 3.63) is 59.3 Å². The maximum atomic E-state index is 13.4. The molecule has 1 heterocycles. The third kappa shape index (κ3) is 19.1. The Balaban J connectivity index is 1.57. The van der Waals surface area contributed by atoms with Gasteiger partial charge in [0.15, 0.2) is 0 Å². The van der Waals surface area contributed by atoms with Crippen molar-refractivity contribution < 1.29 is 53.5 Å². The number of allylic oxidation sites excluding steroid dienone is 1. The van der Waals surface area contributed by atoms with Gasteiger partial charge in [0.25, 0.3) is 5.91 Å². The standard InChI is InChI=1S/C45H69N9O11/c1-32(2)34-26-33(12-13-36(34)48-37(27-35(46)45(47)62)44-38(63-5)10-7-11-39(44)64-6)65-25-9-15-49(3)14-8-16-50(4)40(55)28-51-17-19-52(29-41(56)57)21-23-54(31-43(60)61)24-22-53(20-18-51)30-42(58)59/h7,10-13,26-27,32H,8-9,14-25,28-31,46H2,1-6H3,(H2,47,62)(H,56,57)(H,58,59)(H,60,61). The summed E-state index contributed by atoms with van der Waals surface area (Å²) >= 11 is 0. The van der Waals surface area contributed by atoms with Crippen LogP contribution in [0.3, 0.4) is 0 Å². The van der Waals surface area contributed by atoms with Crippen molar-refractivity contribution in [3.63, 3.8) is 0 Å². The lowest BCUT2D eigenvalue weighted by molar-refractivity contribution is -0.140. The van der Waals surface area contributed by atoms with Crippen molar-refractivity contribution in [1.82, 2.24) is 29.4 Å². The number of aliphatic imine (C=N–C) groups is 1. The van der Waals surface area contributed by atoms with Gasteiger partial charge in [-0.05, 0) is 74.3 Å². The highest BCUT2D eigenvalue weighted by molar-refractivity contribution is 6.16. The molecule has 1 fully saturated rings. The number of carboxylic acid groups (broad SMARTS) is 3. The van der Waals surface area contributed by atoms with E-state index < -0.39 is 23.8 Å². The number of rotatable bonds is 24. The fourth-order valence-electron chi connectivity index (χ4n) is 7.23. The van der Waals surface area contributed by atoms with Crippen molar-refractivity contribution in [1.29, 1.82) is 0 Å². The molecule has 0 spiro atoms. The van der Waals surface area contributed by atoms with Crippen LogP contribution in [0.1, 0.15) is 43.7 Å². The summed E-state index contributed by atoms with van der Waals surface area (Å²) in [6, 6.07) is 10.9. The van der Waals surface area contributed by atoms with Crippen molar-refractivity contribution in [3.8, 4) is 17.2 Å². The number of ether oxygens (including phenoxy) is 3. The molecule has 2 amide bonds. The van der Waals surface area contributed by atoms with Crippen LogP contribution in [0, 0.1) is 0 Å². The van der Waals surface area contributed by atoms with Gasteiger partial charge in [0.2, 0.25) is 5.91 Å². The van der Waals surface area contributed by atoms with Crippen LogP contribution >= 0.6 is 0 Å². The summed E-state index contributed by atoms with van der Waals surface area (Å²) < 4.78 is 17.4. The molecule has 7 N–H and O–H groups in total. The summed E-state index contributed by atoms with van der Waals surface area (Å²) in [5, 5.41) is 28.4. The summed E-state index contributed by atoms with van der Waals surface area (Å²) in [5.74, 6) is -2.23. The Kier molecular flexibility index (Phi) is 22.7. The van der Waals surface area contributed by atoms with E-state index in [1.54, 1.807) is 44.8 Å². The second kappa shape index (κ2) is 27.5. The van der Waals surface area contributed by atoms with Gasteiger partial charge >= 0.3 is 17.9 Å². The first-order valence-corrected chi connectivity index (χ1v) is 21.7. The smallest absolute Gasteiger partial charge is 0.317 e. The molecule has 0 saturated carbocycles. The van der Waals surface area contributed by atoms with Gasteiger partial charge in [0.05, 0.1) is 69.7 Å². The third-order valence-electron chi connectivity index (χ3n) is 10.9. The molecule has 0 unspecified atom stereocenters. The maximum absolute atomic E-state index is 13.4. The lowest BCUT2D eigenvalue weighted by Gasteiger charge is -2.33. The summed E-state index contributed by atoms with van der Waals surface area (Å²) in [5.41, 5.74) is 13.7. The van der Waals surface area contributed by atoms with E-state index in [4.69, 9.17) is 30.7 Å². The Bertz CT molecular complexity index is 1910. The van der Waals surface area contributed by atoms with E-state index >= 15 is 0 Å². The molecule has 0 bridgehead atoms. The van der Waals surface area contributed by atoms with Gasteiger partial charge < -0.3 is 50.8 Å². The minimum Gasteiger partial charge on any atom is -0.496 e. The van der Waals surface area contributed by atoms with Crippen LogP contribution in [0.4, 0.5) is 5.69 Å². The number of likely N-dealkylation sites (N-methyl/N-ethyl adjacent to an activating group) is 1. The van der Waals surface area contributed by atoms with Gasteiger partial charge in [-0.3, -0.25) is 43.6 Å². The highest BCUT2D eigenvalue weighted by Crippen LogP contribution is 2.35. The molecular weight excluding hydrogens is 843 g/mol. The molecule has 1 aliphatic rings. The van der Waals surface area contributed by atoms with Crippen LogP contribution in [-0.2, 0) is 24.0 Å². The summed E-state index contributed by atoms with van der Waals surface area (Å²) in [7, 11) is 6.82. The molecule has 0 radical (unpaired) electrons. The molecule has 3 rings (SSSR count). The minimum absolute atomic E-state index is 0.0624. The predicted molar refractivity (Wildman–Crippen MR) is 246 cm³/mol. The van der Waals surface area contributed by atoms with Gasteiger partial charge in [-0.2, -0.15) is 0 Å². The Morgan fingerprint density at radius 2 is 1.20 bits per heavy atom. The number of carbonyl (C=O) groups excluding carboxylic acids is 2. The number of primary amides is 1. The lowest BCUT2D eigenvalue weighted by Crippen LogP contribution is -2.50. The van der Waals surface area contributed by atoms with Crippen molar-refractivity contribution in [2.75, 3.05) is 133 Å². The first kappa shape index (κ1) is 53.5. The number of nitrogens with two attached hydrogens (primary N) is 2. The van der Waals surface area contributed by atoms with Crippen molar-refractivity contribution in [2.24, 2.45) is 16.5 Å². The lowest BCUT2D eigenvalue weighted by atomic mass is 10.00. The molecule has 2 aromatic rings. The van der Waals surface area contributed by atoms with Crippen LogP contribution in [0.25, 0.3) is 0 Å². The number of methoxy groups -OCH3 is 2. The second-order valence-electron chi connectivity index (χ2n) is 16.3. The summed E-state index contributed by atoms with van der Waals surface area (Å²) in [6.07, 6.45) is 2.89. The number of hydrogen-bond acceptors (Lipinski definition) is 15. The van der Waals surface area contributed by atoms with E-state index in [2.05, 4.69) is 4.90 Å². The minimum atomic E-state index is -1.02. The van der Waals surface area contributed by atoms with Crippen molar-refractivity contribution in [2.45, 2.75) is 32.6 Å². The molecule has 1 saturated heterocycles. The molecule has 0 atom stereocenters. The SMILES string of the molecule is COc1cccc(OC)c1C(C=C(N)C(N)=O)=Nc1ccc(OCCCN(C)CCCN(C)C(=O)CN2CCN(CC(=O)O)CCN(CC(=O)O)CCN(CC(=O)O)CC2)cc1C(C)C. The quantitative estimate of drug-likeness (QED) is 0.0565. The number of amides is 2. The average Bonchev–Trinajstić information content (AvgIpc) is 3.24. The molecule has 2 aromatic carbocycles. The number of hydrogen-bond donors (Lipinski definition) is 5. The third-order valence-corrected chi connectivity index (χ3v) is 10.9.